The fourth-order valence-electron chi connectivity index (χ4n) is 9.28. The largest absolute Gasteiger partial charge is 0.481 e. The van der Waals surface area contributed by atoms with E-state index in [-0.39, 0.29) is 29.8 Å². The second-order valence-corrected chi connectivity index (χ2v) is 14.5. The lowest BCUT2D eigenvalue weighted by Gasteiger charge is -2.83. The number of nitrogens with two attached hydrogens (primary N) is 1. The number of hydrogen-bond acceptors (Lipinski definition) is 8. The number of carbonyl (C=O) groups excluding carboxylic acids is 2. The summed E-state index contributed by atoms with van der Waals surface area (Å²) in [5.41, 5.74) is 5.39. The lowest BCUT2D eigenvalue weighted by Crippen LogP contribution is -2.88. The molecule has 1 spiro atoms. The molecule has 0 bridgehead atoms. The minimum atomic E-state index is -0.768. The number of carbonyl (C=O) groups is 3. The number of aliphatic hydroxyl groups is 1. The van der Waals surface area contributed by atoms with Crippen molar-refractivity contribution >= 4 is 17.8 Å². The summed E-state index contributed by atoms with van der Waals surface area (Å²) in [6, 6.07) is 9.62. The van der Waals surface area contributed by atoms with Gasteiger partial charge in [0.25, 0.3) is 0 Å². The number of hydrogen-bond donors (Lipinski definition) is 3. The number of Topliss-reactive ketones (excluding diaryl/α,β-unsaturated/α-hetero) is 1. The van der Waals surface area contributed by atoms with E-state index < -0.39 is 40.2 Å². The highest BCUT2D eigenvalue weighted by Crippen LogP contribution is 2.84. The summed E-state index contributed by atoms with van der Waals surface area (Å²) in [5, 5.41) is 20.0. The zero-order chi connectivity index (χ0) is 33.6. The quantitative estimate of drug-likeness (QED) is 0.388. The molecule has 4 aliphatic carbocycles. The number of primary amides is 1. The molecule has 7 unspecified atom stereocenters. The number of fused-ring (bicyclic) bond motifs is 1. The van der Waals surface area contributed by atoms with E-state index in [4.69, 9.17) is 25.1 Å². The van der Waals surface area contributed by atoms with Crippen molar-refractivity contribution in [2.24, 2.45) is 27.9 Å². The molecule has 3 saturated carbocycles. The molecule has 6 rings (SSSR count). The van der Waals surface area contributed by atoms with E-state index in [1.807, 2.05) is 30.3 Å². The summed E-state index contributed by atoms with van der Waals surface area (Å²) >= 11 is 0. The van der Waals surface area contributed by atoms with Crippen LogP contribution in [0.3, 0.4) is 0 Å². The number of carboxylic acid groups (broad SMARTS) is 1. The van der Waals surface area contributed by atoms with Crippen LogP contribution in [0.4, 0.5) is 4.79 Å². The molecule has 4 N–H and O–H groups in total. The van der Waals surface area contributed by atoms with Crippen LogP contribution in [0.15, 0.2) is 41.5 Å². The monoisotopic (exact) mass is 629 g/mol. The van der Waals surface area contributed by atoms with Gasteiger partial charge >= 0.3 is 12.1 Å². The lowest BCUT2D eigenvalue weighted by molar-refractivity contribution is -0.387. The Hall–Kier alpha value is -2.79. The number of ketones is 1. The Morgan fingerprint density at radius 2 is 1.76 bits per heavy atom. The fraction of sp³-hybridized carbons (Fsp3) is 0.686. The topological polar surface area (TPSA) is 155 Å². The van der Waals surface area contributed by atoms with E-state index in [0.29, 0.717) is 25.4 Å². The van der Waals surface area contributed by atoms with Gasteiger partial charge in [-0.05, 0) is 71.4 Å². The number of allylic oxidation sites excluding steroid dienone is 1. The van der Waals surface area contributed by atoms with E-state index in [9.17, 15) is 19.5 Å². The molecule has 4 fully saturated rings. The minimum absolute atomic E-state index is 0.129. The van der Waals surface area contributed by atoms with E-state index in [2.05, 4.69) is 25.5 Å². The molecule has 10 nitrogen and oxygen atoms in total. The van der Waals surface area contributed by atoms with E-state index in [1.54, 1.807) is 35.0 Å². The number of aliphatic carboxylic acids is 1. The zero-order valence-electron chi connectivity index (χ0n) is 28.0. The molecule has 0 radical (unpaired) electrons. The molecule has 1 aromatic rings. The van der Waals surface area contributed by atoms with E-state index in [1.165, 1.54) is 5.57 Å². The van der Waals surface area contributed by atoms with Gasteiger partial charge in [0, 0.05) is 43.8 Å². The van der Waals surface area contributed by atoms with Crippen molar-refractivity contribution in [2.75, 3.05) is 20.8 Å². The van der Waals surface area contributed by atoms with Crippen molar-refractivity contribution in [2.45, 2.75) is 110 Å². The van der Waals surface area contributed by atoms with Crippen LogP contribution in [0.25, 0.3) is 0 Å². The van der Waals surface area contributed by atoms with Gasteiger partial charge < -0.3 is 34.9 Å². The average molecular weight is 630 g/mol. The first-order chi connectivity index (χ1) is 20.9. The molecule has 8 atom stereocenters. The van der Waals surface area contributed by atoms with Crippen LogP contribution in [-0.4, -0.2) is 78.4 Å². The van der Waals surface area contributed by atoms with Crippen molar-refractivity contribution < 1.29 is 43.5 Å². The van der Waals surface area contributed by atoms with E-state index in [0.717, 1.165) is 30.4 Å². The number of rotatable bonds is 5. The zero-order valence-corrected chi connectivity index (χ0v) is 28.0. The van der Waals surface area contributed by atoms with Crippen molar-refractivity contribution in [1.29, 1.82) is 0 Å². The van der Waals surface area contributed by atoms with E-state index >= 15 is 0 Å². The number of aryl methyl sites for hydroxylation is 1. The second kappa shape index (κ2) is 12.4. The Morgan fingerprint density at radius 3 is 2.22 bits per heavy atom. The summed E-state index contributed by atoms with van der Waals surface area (Å²) in [6.45, 7) is 12.3. The number of carboxylic acids is 1. The van der Waals surface area contributed by atoms with Crippen LogP contribution in [0.2, 0.25) is 0 Å². The maximum atomic E-state index is 13.9. The van der Waals surface area contributed by atoms with Crippen molar-refractivity contribution in [3.05, 3.63) is 47.0 Å². The number of amides is 1. The number of benzene rings is 1. The van der Waals surface area contributed by atoms with Gasteiger partial charge in [-0.25, -0.2) is 4.79 Å². The Bertz CT molecular complexity index is 1320. The first-order valence-corrected chi connectivity index (χ1v) is 15.8. The normalized spacial score (nSPS) is 37.5. The standard InChI is InChI=1S/C21H30O5.C9H10O2.C5H11NO2/c1-11-6-7-20(23)10-21-12-9-26-13(12)8-14(24-4)18(21,2)17(22)16(25-5)15(11)19(20,21)3;10-9(11)7-6-8-4-2-1-3-5-8;1-5(2,3)8-4(6)7/h12-14,16,23H,6-10H2,1-5H3;1-5H,6-7H2,(H,10,11);1-3H3,(H2,6,7)/t12?,13?,14?,16?,18?,19-,20?,21?;;/m0../s1. The highest BCUT2D eigenvalue weighted by atomic mass is 16.6. The molecule has 1 aromatic carbocycles. The lowest BCUT2D eigenvalue weighted by atomic mass is 9.22. The van der Waals surface area contributed by atoms with Crippen LogP contribution in [0, 0.1) is 22.2 Å². The Balaban J connectivity index is 0.000000201. The highest BCUT2D eigenvalue weighted by Gasteiger charge is 2.88. The van der Waals surface area contributed by atoms with Gasteiger partial charge in [-0.15, -0.1) is 0 Å². The summed E-state index contributed by atoms with van der Waals surface area (Å²) < 4.78 is 22.2. The average Bonchev–Trinajstić information content (AvgIpc) is 2.94. The van der Waals surface area contributed by atoms with Crippen LogP contribution in [0.1, 0.15) is 79.2 Å². The second-order valence-electron chi connectivity index (χ2n) is 14.5. The molecule has 10 heteroatoms. The predicted molar refractivity (Wildman–Crippen MR) is 167 cm³/mol. The van der Waals surface area contributed by atoms with Crippen molar-refractivity contribution in [1.82, 2.24) is 0 Å². The van der Waals surface area contributed by atoms with Gasteiger partial charge in [0.1, 0.15) is 11.7 Å². The maximum absolute atomic E-state index is 13.9. The van der Waals surface area contributed by atoms with Crippen LogP contribution in [-0.2, 0) is 35.0 Å². The molecule has 0 aromatic heterocycles. The summed E-state index contributed by atoms with van der Waals surface area (Å²) in [6.07, 6.45) is 2.45. The predicted octanol–water partition coefficient (Wildman–Crippen LogP) is 4.85. The molecule has 45 heavy (non-hydrogen) atoms. The van der Waals surface area contributed by atoms with Gasteiger partial charge in [-0.3, -0.25) is 9.59 Å². The van der Waals surface area contributed by atoms with Crippen molar-refractivity contribution in [3.8, 4) is 0 Å². The first-order valence-electron chi connectivity index (χ1n) is 15.8. The van der Waals surface area contributed by atoms with Gasteiger partial charge in [-0.2, -0.15) is 0 Å². The third-order valence-corrected chi connectivity index (χ3v) is 11.3. The third kappa shape index (κ3) is 5.51. The smallest absolute Gasteiger partial charge is 0.405 e. The molecular formula is C35H51NO9. The number of ether oxygens (including phenoxy) is 4. The van der Waals surface area contributed by atoms with Crippen LogP contribution >= 0.6 is 0 Å². The third-order valence-electron chi connectivity index (χ3n) is 11.3. The molecule has 1 heterocycles. The maximum Gasteiger partial charge on any atom is 0.405 e. The molecule has 250 valence electrons. The van der Waals surface area contributed by atoms with Crippen LogP contribution in [0.5, 0.6) is 0 Å². The molecule has 5 aliphatic rings. The van der Waals surface area contributed by atoms with Crippen LogP contribution < -0.4 is 5.73 Å². The molecule has 1 saturated heterocycles. The first kappa shape index (κ1) is 35.1. The van der Waals surface area contributed by atoms with Gasteiger partial charge in [0.05, 0.1) is 29.8 Å². The molecular weight excluding hydrogens is 578 g/mol. The van der Waals surface area contributed by atoms with Gasteiger partial charge in [0.15, 0.2) is 5.78 Å². The Morgan fingerprint density at radius 1 is 1.11 bits per heavy atom. The van der Waals surface area contributed by atoms with Gasteiger partial charge in [0.2, 0.25) is 0 Å². The van der Waals surface area contributed by atoms with Crippen molar-refractivity contribution in [3.63, 3.8) is 0 Å². The summed E-state index contributed by atoms with van der Waals surface area (Å²) in [7, 11) is 3.32. The van der Waals surface area contributed by atoms with Gasteiger partial charge in [-0.1, -0.05) is 42.8 Å². The molecule has 1 aliphatic heterocycles. The SMILES string of the molecule is CC(C)(C)OC(N)=O.COC1C(=O)C2(C)C(OC)CC3OCC3C23CC2(O)CCC(C)=C1[C@@]23C.O=C(O)CCc1ccccc1. The Labute approximate surface area is 266 Å². The number of methoxy groups -OCH3 is 2. The summed E-state index contributed by atoms with van der Waals surface area (Å²) in [5.74, 6) is -0.311. The molecule has 1 amide bonds. The summed E-state index contributed by atoms with van der Waals surface area (Å²) in [4.78, 5) is 34.1. The highest BCUT2D eigenvalue weighted by molar-refractivity contribution is 5.96. The minimum Gasteiger partial charge on any atom is -0.481 e. The Kier molecular flexibility index (Phi) is 9.69. The fourth-order valence-corrected chi connectivity index (χ4v) is 9.28.